The maximum atomic E-state index is 14.6. The zero-order chi connectivity index (χ0) is 26.0. The second-order valence-electron chi connectivity index (χ2n) is 9.62. The Morgan fingerprint density at radius 3 is 2.64 bits per heavy atom. The third-order valence-electron chi connectivity index (χ3n) is 5.49. The molecule has 188 valence electrons. The Kier molecular flexibility index (Phi) is 6.73. The maximum absolute atomic E-state index is 14.6. The Morgan fingerprint density at radius 1 is 1.17 bits per heavy atom. The normalized spacial score (nSPS) is 11.5. The van der Waals surface area contributed by atoms with Gasteiger partial charge in [-0.2, -0.15) is 10.1 Å². The number of amides is 2. The van der Waals surface area contributed by atoms with Crippen LogP contribution in [0.4, 0.5) is 26.6 Å². The van der Waals surface area contributed by atoms with E-state index >= 15 is 0 Å². The van der Waals surface area contributed by atoms with E-state index in [1.54, 1.807) is 25.4 Å². The van der Waals surface area contributed by atoms with Gasteiger partial charge < -0.3 is 10.6 Å². The summed E-state index contributed by atoms with van der Waals surface area (Å²) in [4.78, 5) is 34.4. The van der Waals surface area contributed by atoms with Crippen LogP contribution in [0, 0.1) is 11.2 Å². The molecule has 10 nitrogen and oxygen atoms in total. The van der Waals surface area contributed by atoms with E-state index in [0.29, 0.717) is 40.5 Å². The van der Waals surface area contributed by atoms with Gasteiger partial charge in [0.2, 0.25) is 5.95 Å². The van der Waals surface area contributed by atoms with Gasteiger partial charge in [0.05, 0.1) is 5.69 Å². The fourth-order valence-electron chi connectivity index (χ4n) is 3.93. The van der Waals surface area contributed by atoms with E-state index in [0.717, 1.165) is 12.1 Å². The van der Waals surface area contributed by atoms with Gasteiger partial charge in [-0.05, 0) is 42.5 Å². The molecule has 0 fully saturated rings. The van der Waals surface area contributed by atoms with Crippen molar-refractivity contribution in [2.75, 3.05) is 23.0 Å². The first kappa shape index (κ1) is 24.8. The van der Waals surface area contributed by atoms with Crippen LogP contribution in [0.5, 0.6) is 0 Å². The fourth-order valence-corrected chi connectivity index (χ4v) is 3.93. The molecule has 0 aliphatic heterocycles. The van der Waals surface area contributed by atoms with Crippen molar-refractivity contribution >= 4 is 34.5 Å². The van der Waals surface area contributed by atoms with Crippen molar-refractivity contribution in [2.45, 2.75) is 40.7 Å². The summed E-state index contributed by atoms with van der Waals surface area (Å²) in [6, 6.07) is 6.88. The summed E-state index contributed by atoms with van der Waals surface area (Å²) in [5.41, 5.74) is 1.86. The quantitative estimate of drug-likeness (QED) is 0.311. The van der Waals surface area contributed by atoms with Crippen LogP contribution in [-0.4, -0.2) is 37.8 Å². The van der Waals surface area contributed by atoms with Crippen molar-refractivity contribution in [3.63, 3.8) is 0 Å². The van der Waals surface area contributed by atoms with Gasteiger partial charge in [-0.25, -0.2) is 14.2 Å². The molecule has 0 atom stereocenters. The molecular weight excluding hydrogens is 463 g/mol. The number of anilines is 3. The number of aromatic nitrogens is 5. The molecule has 0 bridgehead atoms. The number of pyridine rings is 1. The average molecular weight is 493 g/mol. The van der Waals surface area contributed by atoms with Crippen LogP contribution in [-0.2, 0) is 13.0 Å². The summed E-state index contributed by atoms with van der Waals surface area (Å²) < 4.78 is 16.1. The largest absolute Gasteiger partial charge is 0.357 e. The third-order valence-corrected chi connectivity index (χ3v) is 5.49. The van der Waals surface area contributed by atoms with E-state index in [1.165, 1.54) is 22.8 Å². The number of fused-ring (bicyclic) bond motifs is 1. The Bertz CT molecular complexity index is 1490. The van der Waals surface area contributed by atoms with Crippen LogP contribution in [0.15, 0.2) is 41.3 Å². The molecule has 0 radical (unpaired) electrons. The summed E-state index contributed by atoms with van der Waals surface area (Å²) >= 11 is 0. The van der Waals surface area contributed by atoms with Crippen molar-refractivity contribution in [1.82, 2.24) is 24.7 Å². The van der Waals surface area contributed by atoms with E-state index in [-0.39, 0.29) is 16.7 Å². The highest BCUT2D eigenvalue weighted by Crippen LogP contribution is 2.26. The lowest BCUT2D eigenvalue weighted by atomic mass is 9.91. The SMILES string of the molecule is CCn1c(=O)c(-c2ccc(F)c(NC(=O)Nc3cc(CC(C)(C)C)[nH]n3)c2)cc2cnc(NC)nc21. The van der Waals surface area contributed by atoms with Crippen LogP contribution in [0.2, 0.25) is 0 Å². The van der Waals surface area contributed by atoms with Gasteiger partial charge in [-0.3, -0.25) is 19.8 Å². The number of nitrogens with one attached hydrogen (secondary N) is 4. The monoisotopic (exact) mass is 492 g/mol. The lowest BCUT2D eigenvalue weighted by Gasteiger charge is -2.15. The maximum Gasteiger partial charge on any atom is 0.324 e. The van der Waals surface area contributed by atoms with Gasteiger partial charge in [-0.15, -0.1) is 0 Å². The highest BCUT2D eigenvalue weighted by Gasteiger charge is 2.17. The predicted molar refractivity (Wildman–Crippen MR) is 139 cm³/mol. The number of carbonyl (C=O) groups is 1. The number of hydrogen-bond donors (Lipinski definition) is 4. The number of benzene rings is 1. The fraction of sp³-hybridized carbons (Fsp3) is 0.320. The second kappa shape index (κ2) is 9.76. The van der Waals surface area contributed by atoms with Gasteiger partial charge in [0.25, 0.3) is 5.56 Å². The molecule has 0 unspecified atom stereocenters. The summed E-state index contributed by atoms with van der Waals surface area (Å²) in [6.07, 6.45) is 2.37. The molecule has 11 heteroatoms. The average Bonchev–Trinajstić information content (AvgIpc) is 3.24. The smallest absolute Gasteiger partial charge is 0.324 e. The zero-order valence-corrected chi connectivity index (χ0v) is 20.9. The number of hydrogen-bond acceptors (Lipinski definition) is 6. The molecular formula is C25H29FN8O2. The van der Waals surface area contributed by atoms with Crippen molar-refractivity contribution < 1.29 is 9.18 Å². The Morgan fingerprint density at radius 2 is 1.94 bits per heavy atom. The number of aromatic amines is 1. The summed E-state index contributed by atoms with van der Waals surface area (Å²) in [5, 5.41) is 15.6. The standard InChI is InChI=1S/C25H29FN8O2/c1-6-34-21-15(13-28-23(27-5)31-21)9-17(22(34)35)14-7-8-18(26)19(10-14)29-24(36)30-20-11-16(32-33-20)12-25(2,3)4/h7-11,13H,6,12H2,1-5H3,(H,27,28,31)(H3,29,30,32,33,36). The molecule has 2 amide bonds. The van der Waals surface area contributed by atoms with Gasteiger partial charge in [0, 0.05) is 42.5 Å². The molecule has 0 aliphatic rings. The highest BCUT2D eigenvalue weighted by atomic mass is 19.1. The predicted octanol–water partition coefficient (Wildman–Crippen LogP) is 4.61. The molecule has 3 heterocycles. The number of rotatable bonds is 6. The Labute approximate surface area is 207 Å². The van der Waals surface area contributed by atoms with E-state index in [4.69, 9.17) is 0 Å². The molecule has 0 spiro atoms. The van der Waals surface area contributed by atoms with Crippen LogP contribution in [0.3, 0.4) is 0 Å². The topological polar surface area (TPSA) is 130 Å². The minimum absolute atomic E-state index is 0.0516. The van der Waals surface area contributed by atoms with Crippen LogP contribution < -0.4 is 21.5 Å². The van der Waals surface area contributed by atoms with Crippen LogP contribution in [0.25, 0.3) is 22.2 Å². The molecule has 1 aromatic carbocycles. The van der Waals surface area contributed by atoms with Gasteiger partial charge in [-0.1, -0.05) is 26.8 Å². The minimum atomic E-state index is -0.655. The van der Waals surface area contributed by atoms with E-state index in [1.807, 2.05) is 6.92 Å². The molecule has 0 aliphatic carbocycles. The van der Waals surface area contributed by atoms with Gasteiger partial charge in [0.15, 0.2) is 5.82 Å². The van der Waals surface area contributed by atoms with Crippen molar-refractivity contribution in [3.05, 3.63) is 58.4 Å². The summed E-state index contributed by atoms with van der Waals surface area (Å²) in [6.45, 7) is 8.53. The zero-order valence-electron chi connectivity index (χ0n) is 20.9. The molecule has 0 saturated heterocycles. The molecule has 0 saturated carbocycles. The second-order valence-corrected chi connectivity index (χ2v) is 9.62. The van der Waals surface area contributed by atoms with E-state index in [9.17, 15) is 14.0 Å². The minimum Gasteiger partial charge on any atom is -0.357 e. The molecule has 36 heavy (non-hydrogen) atoms. The molecule has 4 N–H and O–H groups in total. The van der Waals surface area contributed by atoms with Gasteiger partial charge >= 0.3 is 6.03 Å². The number of carbonyl (C=O) groups excluding carboxylic acids is 1. The third kappa shape index (κ3) is 5.35. The lowest BCUT2D eigenvalue weighted by Crippen LogP contribution is -2.23. The Balaban J connectivity index is 1.61. The van der Waals surface area contributed by atoms with E-state index < -0.39 is 11.8 Å². The highest BCUT2D eigenvalue weighted by molar-refractivity contribution is 5.99. The molecule has 3 aromatic heterocycles. The van der Waals surface area contributed by atoms with Crippen LogP contribution >= 0.6 is 0 Å². The van der Waals surface area contributed by atoms with Crippen molar-refractivity contribution in [2.24, 2.45) is 5.41 Å². The first-order valence-corrected chi connectivity index (χ1v) is 11.6. The van der Waals surface area contributed by atoms with Crippen molar-refractivity contribution in [3.8, 4) is 11.1 Å². The van der Waals surface area contributed by atoms with E-state index in [2.05, 4.69) is 56.9 Å². The number of urea groups is 1. The number of aryl methyl sites for hydroxylation is 1. The lowest BCUT2D eigenvalue weighted by molar-refractivity contribution is 0.262. The first-order chi connectivity index (χ1) is 17.1. The summed E-state index contributed by atoms with van der Waals surface area (Å²) in [7, 11) is 1.70. The first-order valence-electron chi connectivity index (χ1n) is 11.6. The Hall–Kier alpha value is -4.28. The summed E-state index contributed by atoms with van der Waals surface area (Å²) in [5.74, 6) is 0.0890. The number of nitrogens with zero attached hydrogens (tertiary/aromatic N) is 4. The van der Waals surface area contributed by atoms with Crippen molar-refractivity contribution in [1.29, 1.82) is 0 Å². The molecule has 4 rings (SSSR count). The van der Waals surface area contributed by atoms with Gasteiger partial charge in [0.1, 0.15) is 11.5 Å². The van der Waals surface area contributed by atoms with Crippen LogP contribution in [0.1, 0.15) is 33.4 Å². The molecule has 4 aromatic rings. The number of H-pyrrole nitrogens is 1. The number of halogens is 1.